The summed E-state index contributed by atoms with van der Waals surface area (Å²) in [6.07, 6.45) is 4.34. The molecule has 1 aromatic carbocycles. The van der Waals surface area contributed by atoms with E-state index >= 15 is 0 Å². The first-order valence-electron chi connectivity index (χ1n) is 6.97. The number of ether oxygens (including phenoxy) is 1. The Morgan fingerprint density at radius 3 is 2.40 bits per heavy atom. The van der Waals surface area contributed by atoms with Gasteiger partial charge in [-0.25, -0.2) is 0 Å². The van der Waals surface area contributed by atoms with Crippen LogP contribution in [0.1, 0.15) is 37.3 Å². The minimum atomic E-state index is -0.878. The molecule has 1 aliphatic heterocycles. The first kappa shape index (κ1) is 14.7. The van der Waals surface area contributed by atoms with Crippen molar-refractivity contribution in [3.05, 3.63) is 23.8 Å². The maximum atomic E-state index is 11.6. The van der Waals surface area contributed by atoms with Crippen molar-refractivity contribution in [2.24, 2.45) is 0 Å². The first-order chi connectivity index (χ1) is 9.63. The number of carbonyl (C=O) groups is 1. The van der Waals surface area contributed by atoms with Crippen LogP contribution in [0.25, 0.3) is 0 Å². The van der Waals surface area contributed by atoms with Crippen LogP contribution in [0, 0.1) is 0 Å². The molecular weight excluding hydrogens is 258 g/mol. The maximum absolute atomic E-state index is 11.6. The third-order valence-electron chi connectivity index (χ3n) is 3.76. The molecule has 0 radical (unpaired) electrons. The van der Waals surface area contributed by atoms with E-state index in [1.807, 2.05) is 4.90 Å². The molecule has 1 unspecified atom stereocenters. The van der Waals surface area contributed by atoms with Gasteiger partial charge >= 0.3 is 5.97 Å². The van der Waals surface area contributed by atoms with Gasteiger partial charge in [-0.3, -0.25) is 9.69 Å². The van der Waals surface area contributed by atoms with Crippen LogP contribution in [0.2, 0.25) is 0 Å². The van der Waals surface area contributed by atoms with Crippen LogP contribution >= 0.6 is 0 Å². The lowest BCUT2D eigenvalue weighted by molar-refractivity contribution is -0.143. The molecule has 0 bridgehead atoms. The molecule has 110 valence electrons. The summed E-state index contributed by atoms with van der Waals surface area (Å²) < 4.78 is 4.99. The van der Waals surface area contributed by atoms with Crippen molar-refractivity contribution in [3.63, 3.8) is 0 Å². The number of hydrogen-bond donors (Lipinski definition) is 2. The highest BCUT2D eigenvalue weighted by Gasteiger charge is 2.28. The number of phenolic OH excluding ortho intramolecular Hbond substituents is 1. The summed E-state index contributed by atoms with van der Waals surface area (Å²) >= 11 is 0. The highest BCUT2D eigenvalue weighted by Crippen LogP contribution is 2.32. The highest BCUT2D eigenvalue weighted by molar-refractivity contribution is 5.76. The second-order valence-corrected chi connectivity index (χ2v) is 5.12. The molecule has 5 heteroatoms. The Balaban J connectivity index is 2.27. The zero-order valence-corrected chi connectivity index (χ0v) is 11.7. The first-order valence-corrected chi connectivity index (χ1v) is 6.97. The van der Waals surface area contributed by atoms with Crippen LogP contribution in [-0.2, 0) is 4.79 Å². The highest BCUT2D eigenvalue weighted by atomic mass is 16.5. The minimum absolute atomic E-state index is 0.0222. The zero-order chi connectivity index (χ0) is 14.5. The Morgan fingerprint density at radius 1 is 1.25 bits per heavy atom. The van der Waals surface area contributed by atoms with Gasteiger partial charge in [0.1, 0.15) is 6.04 Å². The molecule has 0 spiro atoms. The van der Waals surface area contributed by atoms with E-state index in [4.69, 9.17) is 4.74 Å². The summed E-state index contributed by atoms with van der Waals surface area (Å²) in [5.41, 5.74) is 0.595. The summed E-state index contributed by atoms with van der Waals surface area (Å²) in [4.78, 5) is 13.6. The van der Waals surface area contributed by atoms with Crippen LogP contribution < -0.4 is 4.74 Å². The van der Waals surface area contributed by atoms with Crippen molar-refractivity contribution in [2.45, 2.75) is 31.7 Å². The van der Waals surface area contributed by atoms with Crippen molar-refractivity contribution in [3.8, 4) is 11.5 Å². The minimum Gasteiger partial charge on any atom is -0.504 e. The lowest BCUT2D eigenvalue weighted by Crippen LogP contribution is -2.34. The van der Waals surface area contributed by atoms with Crippen molar-refractivity contribution in [1.29, 1.82) is 0 Å². The number of methoxy groups -OCH3 is 1. The number of likely N-dealkylation sites (tertiary alicyclic amines) is 1. The number of hydrogen-bond acceptors (Lipinski definition) is 4. The SMILES string of the molecule is COc1ccc(C(C(=O)O)N2CCCCCC2)cc1O. The lowest BCUT2D eigenvalue weighted by Gasteiger charge is -2.27. The number of aromatic hydroxyl groups is 1. The molecule has 1 saturated heterocycles. The molecular formula is C15H21NO4. The van der Waals surface area contributed by atoms with Gasteiger partial charge in [-0.1, -0.05) is 18.9 Å². The largest absolute Gasteiger partial charge is 0.504 e. The third kappa shape index (κ3) is 3.22. The van der Waals surface area contributed by atoms with Crippen LogP contribution in [0.3, 0.4) is 0 Å². The van der Waals surface area contributed by atoms with Crippen molar-refractivity contribution < 1.29 is 19.7 Å². The number of rotatable bonds is 4. The average molecular weight is 279 g/mol. The van der Waals surface area contributed by atoms with Gasteiger partial charge in [-0.2, -0.15) is 0 Å². The van der Waals surface area contributed by atoms with Gasteiger partial charge in [0.2, 0.25) is 0 Å². The smallest absolute Gasteiger partial charge is 0.325 e. The molecule has 0 amide bonds. The van der Waals surface area contributed by atoms with E-state index in [1.165, 1.54) is 13.2 Å². The molecule has 0 aliphatic carbocycles. The van der Waals surface area contributed by atoms with Gasteiger partial charge < -0.3 is 14.9 Å². The fraction of sp³-hybridized carbons (Fsp3) is 0.533. The quantitative estimate of drug-likeness (QED) is 0.885. The molecule has 2 rings (SSSR count). The van der Waals surface area contributed by atoms with E-state index < -0.39 is 12.0 Å². The predicted molar refractivity (Wildman–Crippen MR) is 75.1 cm³/mol. The van der Waals surface area contributed by atoms with Gasteiger partial charge in [-0.05, 0) is 43.6 Å². The van der Waals surface area contributed by atoms with Gasteiger partial charge in [0.15, 0.2) is 11.5 Å². The van der Waals surface area contributed by atoms with E-state index in [0.29, 0.717) is 11.3 Å². The van der Waals surface area contributed by atoms with Crippen LogP contribution in [0.15, 0.2) is 18.2 Å². The number of benzene rings is 1. The molecule has 1 atom stereocenters. The Hall–Kier alpha value is -1.75. The van der Waals surface area contributed by atoms with E-state index in [2.05, 4.69) is 0 Å². The summed E-state index contributed by atoms with van der Waals surface area (Å²) in [5.74, 6) is -0.545. The summed E-state index contributed by atoms with van der Waals surface area (Å²) in [7, 11) is 1.47. The zero-order valence-electron chi connectivity index (χ0n) is 11.7. The van der Waals surface area contributed by atoms with Crippen LogP contribution in [0.5, 0.6) is 11.5 Å². The molecule has 1 heterocycles. The molecule has 0 aromatic heterocycles. The molecule has 1 fully saturated rings. The van der Waals surface area contributed by atoms with E-state index in [1.54, 1.807) is 12.1 Å². The molecule has 1 aromatic rings. The average Bonchev–Trinajstić information content (AvgIpc) is 2.68. The van der Waals surface area contributed by atoms with Gasteiger partial charge in [-0.15, -0.1) is 0 Å². The molecule has 20 heavy (non-hydrogen) atoms. The third-order valence-corrected chi connectivity index (χ3v) is 3.76. The monoisotopic (exact) mass is 279 g/mol. The second kappa shape index (κ2) is 6.61. The number of carboxylic acids is 1. The maximum Gasteiger partial charge on any atom is 0.325 e. The standard InChI is InChI=1S/C15H21NO4/c1-20-13-7-6-11(10-12(13)17)14(15(18)19)16-8-4-2-3-5-9-16/h6-7,10,14,17H,2-5,8-9H2,1H3,(H,18,19). The van der Waals surface area contributed by atoms with Gasteiger partial charge in [0.05, 0.1) is 7.11 Å². The van der Waals surface area contributed by atoms with Crippen molar-refractivity contribution >= 4 is 5.97 Å². The van der Waals surface area contributed by atoms with Gasteiger partial charge in [0.25, 0.3) is 0 Å². The Morgan fingerprint density at radius 2 is 1.90 bits per heavy atom. The number of nitrogens with zero attached hydrogens (tertiary/aromatic N) is 1. The molecule has 1 aliphatic rings. The topological polar surface area (TPSA) is 70.0 Å². The second-order valence-electron chi connectivity index (χ2n) is 5.12. The Labute approximate surface area is 118 Å². The molecule has 0 saturated carbocycles. The summed E-state index contributed by atoms with van der Waals surface area (Å²) in [5, 5.41) is 19.4. The van der Waals surface area contributed by atoms with Crippen molar-refractivity contribution in [2.75, 3.05) is 20.2 Å². The van der Waals surface area contributed by atoms with E-state index in [-0.39, 0.29) is 5.75 Å². The summed E-state index contributed by atoms with van der Waals surface area (Å²) in [6.45, 7) is 1.56. The summed E-state index contributed by atoms with van der Waals surface area (Å²) in [6, 6.07) is 4.10. The van der Waals surface area contributed by atoms with E-state index in [0.717, 1.165) is 38.8 Å². The fourth-order valence-electron chi connectivity index (χ4n) is 2.74. The number of carboxylic acid groups (broad SMARTS) is 1. The molecule has 5 nitrogen and oxygen atoms in total. The Kier molecular flexibility index (Phi) is 4.84. The van der Waals surface area contributed by atoms with E-state index in [9.17, 15) is 15.0 Å². The van der Waals surface area contributed by atoms with Crippen molar-refractivity contribution in [1.82, 2.24) is 4.90 Å². The Bertz CT molecular complexity index is 467. The number of aliphatic carboxylic acids is 1. The number of phenols is 1. The fourth-order valence-corrected chi connectivity index (χ4v) is 2.74. The lowest BCUT2D eigenvalue weighted by atomic mass is 10.0. The van der Waals surface area contributed by atoms with Gasteiger partial charge in [0, 0.05) is 0 Å². The molecule has 2 N–H and O–H groups in total. The normalized spacial score (nSPS) is 18.2. The predicted octanol–water partition coefficient (Wildman–Crippen LogP) is 2.40. The van der Waals surface area contributed by atoms with Crippen LogP contribution in [-0.4, -0.2) is 41.3 Å². The van der Waals surface area contributed by atoms with Crippen LogP contribution in [0.4, 0.5) is 0 Å².